The molecular weight excluding hydrogens is 386 g/mol. The average molecular weight is 398 g/mol. The molecule has 3 rings (SSSR count). The number of nitrogens with one attached hydrogen (secondary N) is 1. The lowest BCUT2D eigenvalue weighted by molar-refractivity contribution is 0.252. The number of pyridine rings is 1. The number of aromatic nitrogens is 1. The van der Waals surface area contributed by atoms with Gasteiger partial charge in [0.15, 0.2) is 0 Å². The highest BCUT2D eigenvalue weighted by atomic mass is 79.9. The Bertz CT molecular complexity index is 839. The van der Waals surface area contributed by atoms with Gasteiger partial charge in [-0.05, 0) is 40.2 Å². The third kappa shape index (κ3) is 3.45. The van der Waals surface area contributed by atoms with Crippen LogP contribution >= 0.6 is 15.9 Å². The molecule has 0 saturated carbocycles. The molecule has 2 amide bonds. The maximum atomic E-state index is 12.3. The number of rotatable bonds is 4. The highest BCUT2D eigenvalue weighted by Crippen LogP contribution is 2.23. The second-order valence-electron chi connectivity index (χ2n) is 4.73. The number of benzene rings is 1. The van der Waals surface area contributed by atoms with Gasteiger partial charge >= 0.3 is 16.1 Å². The first-order valence-corrected chi connectivity index (χ1v) is 8.87. The van der Waals surface area contributed by atoms with Crippen LogP contribution in [0.4, 0.5) is 10.5 Å². The zero-order valence-electron chi connectivity index (χ0n) is 11.8. The third-order valence-electron chi connectivity index (χ3n) is 3.20. The van der Waals surface area contributed by atoms with Gasteiger partial charge in [-0.1, -0.05) is 0 Å². The van der Waals surface area contributed by atoms with Crippen molar-refractivity contribution in [1.82, 2.24) is 10.3 Å². The Kier molecular flexibility index (Phi) is 4.22. The maximum absolute atomic E-state index is 12.3. The van der Waals surface area contributed by atoms with E-state index < -0.39 is 10.1 Å². The Labute approximate surface area is 141 Å². The number of carbonyl (C=O) groups excluding carboxylic acids is 1. The van der Waals surface area contributed by atoms with Gasteiger partial charge in [0.05, 0.1) is 0 Å². The van der Waals surface area contributed by atoms with Gasteiger partial charge < -0.3 is 9.50 Å². The van der Waals surface area contributed by atoms with Gasteiger partial charge in [0.1, 0.15) is 15.2 Å². The van der Waals surface area contributed by atoms with Crippen molar-refractivity contribution >= 4 is 37.8 Å². The summed E-state index contributed by atoms with van der Waals surface area (Å²) >= 11 is 3.15. The molecule has 0 aliphatic carbocycles. The molecule has 23 heavy (non-hydrogen) atoms. The quantitative estimate of drug-likeness (QED) is 0.630. The van der Waals surface area contributed by atoms with Gasteiger partial charge in [0.25, 0.3) is 0 Å². The van der Waals surface area contributed by atoms with Crippen molar-refractivity contribution in [1.29, 1.82) is 0 Å². The average Bonchev–Trinajstić information content (AvgIpc) is 2.93. The lowest BCUT2D eigenvalue weighted by Crippen LogP contribution is -2.27. The molecule has 7 nitrogen and oxygen atoms in total. The normalized spacial score (nSPS) is 14.7. The largest absolute Gasteiger partial charge is 0.379 e. The maximum Gasteiger partial charge on any atom is 0.339 e. The van der Waals surface area contributed by atoms with Crippen molar-refractivity contribution in [2.75, 3.05) is 18.0 Å². The van der Waals surface area contributed by atoms with Crippen molar-refractivity contribution in [2.24, 2.45) is 0 Å². The first-order chi connectivity index (χ1) is 11.0. The molecule has 1 fully saturated rings. The van der Waals surface area contributed by atoms with E-state index in [1.54, 1.807) is 12.1 Å². The summed E-state index contributed by atoms with van der Waals surface area (Å²) in [5.41, 5.74) is 0.630. The summed E-state index contributed by atoms with van der Waals surface area (Å²) in [6.07, 6.45) is 1.43. The molecule has 0 spiro atoms. The topological polar surface area (TPSA) is 88.6 Å². The number of anilines is 1. The van der Waals surface area contributed by atoms with Crippen LogP contribution in [0, 0.1) is 0 Å². The van der Waals surface area contributed by atoms with Crippen LogP contribution in [0.15, 0.2) is 52.1 Å². The summed E-state index contributed by atoms with van der Waals surface area (Å²) in [6.45, 7) is 1.12. The highest BCUT2D eigenvalue weighted by molar-refractivity contribution is 9.10. The summed E-state index contributed by atoms with van der Waals surface area (Å²) in [5.74, 6) is 0.162. The molecule has 2 aromatic rings. The molecule has 0 unspecified atom stereocenters. The van der Waals surface area contributed by atoms with Crippen molar-refractivity contribution < 1.29 is 17.4 Å². The zero-order valence-corrected chi connectivity index (χ0v) is 14.2. The van der Waals surface area contributed by atoms with Crippen LogP contribution in [0.25, 0.3) is 0 Å². The van der Waals surface area contributed by atoms with Crippen molar-refractivity contribution in [3.63, 3.8) is 0 Å². The van der Waals surface area contributed by atoms with Gasteiger partial charge in [-0.2, -0.15) is 8.42 Å². The fraction of sp³-hybridized carbons (Fsp3) is 0.143. The lowest BCUT2D eigenvalue weighted by atomic mass is 10.3. The molecule has 1 aliphatic rings. The molecule has 0 atom stereocenters. The number of nitrogens with zero attached hydrogens (tertiary/aromatic N) is 2. The van der Waals surface area contributed by atoms with E-state index in [-0.39, 0.29) is 16.7 Å². The summed E-state index contributed by atoms with van der Waals surface area (Å²) in [5, 5.41) is 2.68. The number of amides is 2. The Balaban J connectivity index is 1.81. The number of hydrogen-bond acceptors (Lipinski definition) is 5. The summed E-state index contributed by atoms with van der Waals surface area (Å²) in [4.78, 5) is 17.0. The Hall–Kier alpha value is -2.13. The van der Waals surface area contributed by atoms with Crippen LogP contribution in [-0.2, 0) is 10.1 Å². The van der Waals surface area contributed by atoms with Crippen LogP contribution in [0.1, 0.15) is 0 Å². The predicted molar refractivity (Wildman–Crippen MR) is 86.9 cm³/mol. The van der Waals surface area contributed by atoms with Gasteiger partial charge in [0.2, 0.25) is 0 Å². The van der Waals surface area contributed by atoms with E-state index in [2.05, 4.69) is 26.2 Å². The minimum atomic E-state index is -3.95. The van der Waals surface area contributed by atoms with E-state index in [0.717, 1.165) is 0 Å². The smallest absolute Gasteiger partial charge is 0.339 e. The van der Waals surface area contributed by atoms with E-state index in [1.165, 1.54) is 35.4 Å². The molecule has 2 heterocycles. The van der Waals surface area contributed by atoms with Crippen molar-refractivity contribution in [3.05, 3.63) is 47.2 Å². The number of halogens is 1. The second kappa shape index (κ2) is 6.17. The standard InChI is InChI=1S/C14H12BrN3O4S/c15-13-9-11(5-6-16-13)22-23(20,21)12-3-1-10(2-4-12)18-8-7-17-14(18)19/h1-6,9H,7-8H2,(H,17,19). The van der Waals surface area contributed by atoms with Crippen LogP contribution in [0.2, 0.25) is 0 Å². The third-order valence-corrected chi connectivity index (χ3v) is 4.89. The summed E-state index contributed by atoms with van der Waals surface area (Å²) < 4.78 is 30.1. The molecule has 0 radical (unpaired) electrons. The summed E-state index contributed by atoms with van der Waals surface area (Å²) in [7, 11) is -3.95. The Morgan fingerprint density at radius 3 is 2.57 bits per heavy atom. The van der Waals surface area contributed by atoms with E-state index >= 15 is 0 Å². The van der Waals surface area contributed by atoms with E-state index in [1.807, 2.05) is 0 Å². The highest BCUT2D eigenvalue weighted by Gasteiger charge is 2.22. The molecule has 120 valence electrons. The molecule has 1 saturated heterocycles. The van der Waals surface area contributed by atoms with E-state index in [0.29, 0.717) is 23.4 Å². The van der Waals surface area contributed by atoms with Crippen LogP contribution < -0.4 is 14.4 Å². The Morgan fingerprint density at radius 2 is 1.96 bits per heavy atom. The minimum absolute atomic E-state index is 0.00814. The lowest BCUT2D eigenvalue weighted by Gasteiger charge is -2.14. The SMILES string of the molecule is O=C1NCCN1c1ccc(S(=O)(=O)Oc2ccnc(Br)c2)cc1. The summed E-state index contributed by atoms with van der Waals surface area (Å²) in [6, 6.07) is 8.68. The van der Waals surface area contributed by atoms with Crippen LogP contribution in [0.5, 0.6) is 5.75 Å². The molecule has 0 bridgehead atoms. The molecule has 9 heteroatoms. The molecule has 1 N–H and O–H groups in total. The fourth-order valence-corrected chi connectivity index (χ4v) is 3.39. The van der Waals surface area contributed by atoms with Crippen LogP contribution in [-0.4, -0.2) is 32.5 Å². The minimum Gasteiger partial charge on any atom is -0.379 e. The first kappa shape index (κ1) is 15.8. The second-order valence-corrected chi connectivity index (χ2v) is 7.09. The van der Waals surface area contributed by atoms with E-state index in [9.17, 15) is 13.2 Å². The van der Waals surface area contributed by atoms with Gasteiger partial charge in [-0.25, -0.2) is 9.78 Å². The van der Waals surface area contributed by atoms with E-state index in [4.69, 9.17) is 4.18 Å². The molecule has 1 aromatic carbocycles. The molecular formula is C14H12BrN3O4S. The Morgan fingerprint density at radius 1 is 1.22 bits per heavy atom. The molecule has 1 aliphatic heterocycles. The van der Waals surface area contributed by atoms with Crippen molar-refractivity contribution in [3.8, 4) is 5.75 Å². The number of urea groups is 1. The first-order valence-electron chi connectivity index (χ1n) is 6.67. The van der Waals surface area contributed by atoms with Crippen LogP contribution in [0.3, 0.4) is 0 Å². The predicted octanol–water partition coefficient (Wildman–Crippen LogP) is 2.14. The molecule has 1 aromatic heterocycles. The number of carbonyl (C=O) groups is 1. The zero-order chi connectivity index (χ0) is 16.4. The van der Waals surface area contributed by atoms with Gasteiger partial charge in [0, 0.05) is 37.1 Å². The van der Waals surface area contributed by atoms with Gasteiger partial charge in [-0.15, -0.1) is 0 Å². The fourth-order valence-electron chi connectivity index (χ4n) is 2.12. The monoisotopic (exact) mass is 397 g/mol. The van der Waals surface area contributed by atoms with Gasteiger partial charge in [-0.3, -0.25) is 4.90 Å². The number of hydrogen-bond donors (Lipinski definition) is 1. The van der Waals surface area contributed by atoms with Crippen molar-refractivity contribution in [2.45, 2.75) is 4.90 Å².